The molecule has 102 valence electrons. The maximum atomic E-state index is 5.16. The van der Waals surface area contributed by atoms with Crippen LogP contribution in [0.1, 0.15) is 25.7 Å². The maximum absolute atomic E-state index is 5.16. The number of methoxy groups -OCH3 is 2. The van der Waals surface area contributed by atoms with E-state index in [1.165, 1.54) is 32.4 Å². The number of hydrogen-bond donors (Lipinski definition) is 1. The molecule has 17 heavy (non-hydrogen) atoms. The Morgan fingerprint density at radius 1 is 1.12 bits per heavy atom. The number of nitrogens with zero attached hydrogens (tertiary/aromatic N) is 1. The number of rotatable bonds is 10. The first-order valence-electron chi connectivity index (χ1n) is 6.80. The van der Waals surface area contributed by atoms with Crippen molar-refractivity contribution in [1.29, 1.82) is 0 Å². The van der Waals surface area contributed by atoms with Gasteiger partial charge in [0.15, 0.2) is 0 Å². The van der Waals surface area contributed by atoms with Crippen molar-refractivity contribution in [3.05, 3.63) is 0 Å². The van der Waals surface area contributed by atoms with Gasteiger partial charge in [-0.25, -0.2) is 0 Å². The number of ether oxygens (including phenoxy) is 2. The lowest BCUT2D eigenvalue weighted by molar-refractivity contribution is 0.130. The quantitative estimate of drug-likeness (QED) is 0.584. The van der Waals surface area contributed by atoms with Crippen LogP contribution in [0.4, 0.5) is 0 Å². The number of nitrogens with one attached hydrogen (secondary N) is 1. The smallest absolute Gasteiger partial charge is 0.0589 e. The highest BCUT2D eigenvalue weighted by Crippen LogP contribution is 2.09. The predicted octanol–water partition coefficient (Wildman–Crippen LogP) is 1.11. The summed E-state index contributed by atoms with van der Waals surface area (Å²) in [4.78, 5) is 2.49. The highest BCUT2D eigenvalue weighted by Gasteiger charge is 2.15. The topological polar surface area (TPSA) is 33.7 Å². The largest absolute Gasteiger partial charge is 0.385 e. The van der Waals surface area contributed by atoms with E-state index in [0.717, 1.165) is 38.8 Å². The van der Waals surface area contributed by atoms with Crippen molar-refractivity contribution in [3.8, 4) is 0 Å². The zero-order chi connectivity index (χ0) is 12.3. The SMILES string of the molecule is COCCCN(CCOC)CCC1CCCN1. The zero-order valence-corrected chi connectivity index (χ0v) is 11.4. The van der Waals surface area contributed by atoms with E-state index in [9.17, 15) is 0 Å². The van der Waals surface area contributed by atoms with E-state index in [0.29, 0.717) is 0 Å². The average molecular weight is 244 g/mol. The van der Waals surface area contributed by atoms with E-state index >= 15 is 0 Å². The van der Waals surface area contributed by atoms with E-state index in [1.54, 1.807) is 14.2 Å². The summed E-state index contributed by atoms with van der Waals surface area (Å²) < 4.78 is 10.3. The third-order valence-electron chi connectivity index (χ3n) is 3.39. The Morgan fingerprint density at radius 3 is 2.59 bits per heavy atom. The molecule has 0 saturated carbocycles. The lowest BCUT2D eigenvalue weighted by atomic mass is 10.1. The van der Waals surface area contributed by atoms with Crippen molar-refractivity contribution >= 4 is 0 Å². The lowest BCUT2D eigenvalue weighted by Gasteiger charge is -2.23. The van der Waals surface area contributed by atoms with Gasteiger partial charge in [-0.2, -0.15) is 0 Å². The molecular formula is C13H28N2O2. The third kappa shape index (κ3) is 6.99. The third-order valence-corrected chi connectivity index (χ3v) is 3.39. The molecule has 1 aliphatic heterocycles. The van der Waals surface area contributed by atoms with Gasteiger partial charge in [-0.15, -0.1) is 0 Å². The minimum atomic E-state index is 0.738. The molecule has 1 aliphatic rings. The van der Waals surface area contributed by atoms with Crippen LogP contribution in [0.15, 0.2) is 0 Å². The van der Waals surface area contributed by atoms with Gasteiger partial charge in [0.2, 0.25) is 0 Å². The van der Waals surface area contributed by atoms with Gasteiger partial charge < -0.3 is 19.7 Å². The van der Waals surface area contributed by atoms with Crippen molar-refractivity contribution in [1.82, 2.24) is 10.2 Å². The molecule has 0 radical (unpaired) electrons. The summed E-state index contributed by atoms with van der Waals surface area (Å²) in [5.74, 6) is 0. The monoisotopic (exact) mass is 244 g/mol. The molecule has 1 heterocycles. The maximum Gasteiger partial charge on any atom is 0.0589 e. The first kappa shape index (κ1) is 14.9. The van der Waals surface area contributed by atoms with Gasteiger partial charge in [-0.05, 0) is 38.8 Å². The minimum Gasteiger partial charge on any atom is -0.385 e. The van der Waals surface area contributed by atoms with Crippen molar-refractivity contribution < 1.29 is 9.47 Å². The van der Waals surface area contributed by atoms with E-state index in [-0.39, 0.29) is 0 Å². The Morgan fingerprint density at radius 2 is 1.94 bits per heavy atom. The fourth-order valence-electron chi connectivity index (χ4n) is 2.33. The Bertz CT molecular complexity index is 173. The van der Waals surface area contributed by atoms with Crippen LogP contribution in [0.3, 0.4) is 0 Å². The molecule has 0 aliphatic carbocycles. The average Bonchev–Trinajstić information content (AvgIpc) is 2.85. The summed E-state index contributed by atoms with van der Waals surface area (Å²) >= 11 is 0. The fourth-order valence-corrected chi connectivity index (χ4v) is 2.33. The normalized spacial score (nSPS) is 20.3. The second-order valence-electron chi connectivity index (χ2n) is 4.76. The zero-order valence-electron chi connectivity index (χ0n) is 11.4. The molecule has 4 heteroatoms. The van der Waals surface area contributed by atoms with Crippen molar-refractivity contribution in [2.24, 2.45) is 0 Å². The second-order valence-corrected chi connectivity index (χ2v) is 4.76. The molecule has 1 N–H and O–H groups in total. The van der Waals surface area contributed by atoms with Gasteiger partial charge in [-0.1, -0.05) is 0 Å². The summed E-state index contributed by atoms with van der Waals surface area (Å²) in [6.07, 6.45) is 5.05. The molecule has 4 nitrogen and oxygen atoms in total. The molecule has 0 aromatic carbocycles. The first-order valence-corrected chi connectivity index (χ1v) is 6.80. The number of hydrogen-bond acceptors (Lipinski definition) is 4. The van der Waals surface area contributed by atoms with Crippen LogP contribution in [-0.4, -0.2) is 64.6 Å². The Balaban J connectivity index is 2.13. The molecule has 1 fully saturated rings. The van der Waals surface area contributed by atoms with E-state index in [2.05, 4.69) is 10.2 Å². The van der Waals surface area contributed by atoms with Crippen molar-refractivity contribution in [2.75, 3.05) is 53.6 Å². The molecule has 0 aromatic rings. The molecule has 1 rings (SSSR count). The van der Waals surface area contributed by atoms with Crippen LogP contribution in [0.2, 0.25) is 0 Å². The lowest BCUT2D eigenvalue weighted by Crippen LogP contribution is -2.34. The van der Waals surface area contributed by atoms with Gasteiger partial charge in [0.25, 0.3) is 0 Å². The van der Waals surface area contributed by atoms with Crippen LogP contribution < -0.4 is 5.32 Å². The summed E-state index contributed by atoms with van der Waals surface area (Å²) in [6, 6.07) is 0.738. The van der Waals surface area contributed by atoms with E-state index in [4.69, 9.17) is 9.47 Å². The Labute approximate surface area is 106 Å². The molecule has 1 atom stereocenters. The predicted molar refractivity (Wildman–Crippen MR) is 70.5 cm³/mol. The molecule has 0 aromatic heterocycles. The molecule has 1 saturated heterocycles. The Kier molecular flexibility index (Phi) is 8.61. The molecule has 0 bridgehead atoms. The molecule has 0 amide bonds. The standard InChI is InChI=1S/C13H28N2O2/c1-16-11-4-8-15(10-12-17-2)9-6-13-5-3-7-14-13/h13-14H,3-12H2,1-2H3. The van der Waals surface area contributed by atoms with Crippen molar-refractivity contribution in [3.63, 3.8) is 0 Å². The summed E-state index contributed by atoms with van der Waals surface area (Å²) in [5.41, 5.74) is 0. The van der Waals surface area contributed by atoms with Gasteiger partial charge in [0, 0.05) is 40.0 Å². The van der Waals surface area contributed by atoms with Crippen LogP contribution in [0.25, 0.3) is 0 Å². The van der Waals surface area contributed by atoms with Crippen LogP contribution in [-0.2, 0) is 9.47 Å². The Hall–Kier alpha value is -0.160. The summed E-state index contributed by atoms with van der Waals surface area (Å²) in [6.45, 7) is 6.20. The fraction of sp³-hybridized carbons (Fsp3) is 1.00. The summed E-state index contributed by atoms with van der Waals surface area (Å²) in [7, 11) is 3.54. The molecule has 0 spiro atoms. The van der Waals surface area contributed by atoms with E-state index in [1.807, 2.05) is 0 Å². The van der Waals surface area contributed by atoms with Crippen LogP contribution in [0, 0.1) is 0 Å². The van der Waals surface area contributed by atoms with Gasteiger partial charge in [-0.3, -0.25) is 0 Å². The van der Waals surface area contributed by atoms with Crippen LogP contribution >= 0.6 is 0 Å². The van der Waals surface area contributed by atoms with Gasteiger partial charge in [0.05, 0.1) is 6.61 Å². The van der Waals surface area contributed by atoms with Crippen LogP contribution in [0.5, 0.6) is 0 Å². The highest BCUT2D eigenvalue weighted by molar-refractivity contribution is 4.75. The summed E-state index contributed by atoms with van der Waals surface area (Å²) in [5, 5.41) is 3.55. The molecular weight excluding hydrogens is 216 g/mol. The van der Waals surface area contributed by atoms with E-state index < -0.39 is 0 Å². The minimum absolute atomic E-state index is 0.738. The second kappa shape index (κ2) is 9.83. The van der Waals surface area contributed by atoms with Gasteiger partial charge >= 0.3 is 0 Å². The highest BCUT2D eigenvalue weighted by atomic mass is 16.5. The van der Waals surface area contributed by atoms with Crippen molar-refractivity contribution in [2.45, 2.75) is 31.7 Å². The van der Waals surface area contributed by atoms with Gasteiger partial charge in [0.1, 0.15) is 0 Å². The molecule has 1 unspecified atom stereocenters. The first-order chi connectivity index (χ1) is 8.36.